The Hall–Kier alpha value is -2.13. The highest BCUT2D eigenvalue weighted by Gasteiger charge is 2.11. The van der Waals surface area contributed by atoms with Crippen LogP contribution in [-0.4, -0.2) is 10.2 Å². The minimum Gasteiger partial charge on any atom is -0.454 e. The second-order valence-electron chi connectivity index (χ2n) is 4.64. The molecule has 0 saturated carbocycles. The van der Waals surface area contributed by atoms with Crippen molar-refractivity contribution >= 4 is 22.5 Å². The van der Waals surface area contributed by atoms with E-state index in [1.54, 1.807) is 6.07 Å². The van der Waals surface area contributed by atoms with Crippen molar-refractivity contribution in [2.45, 2.75) is 13.8 Å². The Morgan fingerprint density at radius 2 is 1.80 bits per heavy atom. The number of para-hydroxylation sites is 1. The van der Waals surface area contributed by atoms with Crippen LogP contribution in [0.3, 0.4) is 0 Å². The SMILES string of the molecule is Cc1ccccc1Oc1c(C)nnc2ccc(Cl)cc12. The first-order chi connectivity index (χ1) is 9.65. The highest BCUT2D eigenvalue weighted by Crippen LogP contribution is 2.33. The summed E-state index contributed by atoms with van der Waals surface area (Å²) in [6.45, 7) is 3.88. The molecule has 0 radical (unpaired) electrons. The van der Waals surface area contributed by atoms with Crippen molar-refractivity contribution in [2.75, 3.05) is 0 Å². The van der Waals surface area contributed by atoms with Gasteiger partial charge in [-0.1, -0.05) is 29.8 Å². The maximum atomic E-state index is 6.07. The first kappa shape index (κ1) is 12.9. The number of hydrogen-bond donors (Lipinski definition) is 0. The number of aryl methyl sites for hydroxylation is 2. The smallest absolute Gasteiger partial charge is 0.159 e. The zero-order chi connectivity index (χ0) is 14.1. The fourth-order valence-electron chi connectivity index (χ4n) is 2.06. The van der Waals surface area contributed by atoms with Gasteiger partial charge in [-0.05, 0) is 43.7 Å². The zero-order valence-electron chi connectivity index (χ0n) is 11.2. The average Bonchev–Trinajstić information content (AvgIpc) is 2.44. The van der Waals surface area contributed by atoms with E-state index in [1.807, 2.05) is 50.2 Å². The van der Waals surface area contributed by atoms with Crippen LogP contribution in [0.5, 0.6) is 11.5 Å². The average molecular weight is 285 g/mol. The molecular formula is C16H13ClN2O. The molecule has 2 aromatic carbocycles. The maximum absolute atomic E-state index is 6.07. The van der Waals surface area contributed by atoms with Gasteiger partial charge in [-0.25, -0.2) is 0 Å². The van der Waals surface area contributed by atoms with Gasteiger partial charge in [0.2, 0.25) is 0 Å². The monoisotopic (exact) mass is 284 g/mol. The van der Waals surface area contributed by atoms with Crippen molar-refractivity contribution in [3.63, 3.8) is 0 Å². The Balaban J connectivity index is 2.17. The molecule has 0 spiro atoms. The molecule has 0 bridgehead atoms. The molecule has 100 valence electrons. The molecule has 1 aromatic heterocycles. The summed E-state index contributed by atoms with van der Waals surface area (Å²) in [4.78, 5) is 0. The van der Waals surface area contributed by atoms with Crippen molar-refractivity contribution < 1.29 is 4.74 Å². The van der Waals surface area contributed by atoms with Crippen LogP contribution in [0.15, 0.2) is 42.5 Å². The lowest BCUT2D eigenvalue weighted by molar-refractivity contribution is 0.476. The number of benzene rings is 2. The van der Waals surface area contributed by atoms with Gasteiger partial charge in [-0.3, -0.25) is 0 Å². The molecule has 20 heavy (non-hydrogen) atoms. The highest BCUT2D eigenvalue weighted by molar-refractivity contribution is 6.31. The molecule has 0 amide bonds. The summed E-state index contributed by atoms with van der Waals surface area (Å²) in [6.07, 6.45) is 0. The van der Waals surface area contributed by atoms with Crippen LogP contribution in [0.4, 0.5) is 0 Å². The molecule has 4 heteroatoms. The Kier molecular flexibility index (Phi) is 3.28. The van der Waals surface area contributed by atoms with E-state index in [4.69, 9.17) is 16.3 Å². The third-order valence-corrected chi connectivity index (χ3v) is 3.38. The van der Waals surface area contributed by atoms with E-state index in [1.165, 1.54) is 0 Å². The predicted molar refractivity (Wildman–Crippen MR) is 80.5 cm³/mol. The van der Waals surface area contributed by atoms with Gasteiger partial charge >= 0.3 is 0 Å². The normalized spacial score (nSPS) is 10.8. The van der Waals surface area contributed by atoms with Crippen LogP contribution in [0.1, 0.15) is 11.3 Å². The van der Waals surface area contributed by atoms with Crippen molar-refractivity contribution in [3.05, 3.63) is 58.7 Å². The van der Waals surface area contributed by atoms with Crippen molar-refractivity contribution in [1.82, 2.24) is 10.2 Å². The van der Waals surface area contributed by atoms with Crippen LogP contribution in [-0.2, 0) is 0 Å². The Bertz CT molecular complexity index is 781. The van der Waals surface area contributed by atoms with Gasteiger partial charge < -0.3 is 4.74 Å². The Morgan fingerprint density at radius 3 is 2.60 bits per heavy atom. The summed E-state index contributed by atoms with van der Waals surface area (Å²) in [5.41, 5.74) is 2.57. The summed E-state index contributed by atoms with van der Waals surface area (Å²) in [5.74, 6) is 1.51. The topological polar surface area (TPSA) is 35.0 Å². The minimum absolute atomic E-state index is 0.652. The van der Waals surface area contributed by atoms with Gasteiger partial charge in [0.05, 0.1) is 5.52 Å². The first-order valence-corrected chi connectivity index (χ1v) is 6.69. The number of halogens is 1. The van der Waals surface area contributed by atoms with Crippen LogP contribution in [0, 0.1) is 13.8 Å². The number of hydrogen-bond acceptors (Lipinski definition) is 3. The second kappa shape index (κ2) is 5.10. The van der Waals surface area contributed by atoms with Gasteiger partial charge in [0.25, 0.3) is 0 Å². The van der Waals surface area contributed by atoms with E-state index in [9.17, 15) is 0 Å². The molecule has 0 aliphatic rings. The molecule has 0 aliphatic heterocycles. The molecular weight excluding hydrogens is 272 g/mol. The summed E-state index contributed by atoms with van der Waals surface area (Å²) < 4.78 is 6.05. The van der Waals surface area contributed by atoms with E-state index in [0.717, 1.165) is 27.9 Å². The van der Waals surface area contributed by atoms with E-state index < -0.39 is 0 Å². The molecule has 3 nitrogen and oxygen atoms in total. The third kappa shape index (κ3) is 2.32. The maximum Gasteiger partial charge on any atom is 0.159 e. The standard InChI is InChI=1S/C16H13ClN2O/c1-10-5-3-4-6-15(10)20-16-11(2)18-19-14-8-7-12(17)9-13(14)16/h3-9H,1-2H3. The lowest BCUT2D eigenvalue weighted by Crippen LogP contribution is -1.96. The van der Waals surface area contributed by atoms with Gasteiger partial charge in [0.15, 0.2) is 5.75 Å². The highest BCUT2D eigenvalue weighted by atomic mass is 35.5. The van der Waals surface area contributed by atoms with Crippen LogP contribution in [0.2, 0.25) is 5.02 Å². The molecule has 0 N–H and O–H groups in total. The van der Waals surface area contributed by atoms with Gasteiger partial charge in [0, 0.05) is 10.4 Å². The number of aromatic nitrogens is 2. The lowest BCUT2D eigenvalue weighted by Gasteiger charge is -2.12. The quantitative estimate of drug-likeness (QED) is 0.684. The molecule has 1 heterocycles. The summed E-state index contributed by atoms with van der Waals surface area (Å²) in [5, 5.41) is 9.82. The fraction of sp³-hybridized carbons (Fsp3) is 0.125. The largest absolute Gasteiger partial charge is 0.454 e. The number of ether oxygens (including phenoxy) is 1. The molecule has 0 aliphatic carbocycles. The number of fused-ring (bicyclic) bond motifs is 1. The molecule has 0 fully saturated rings. The van der Waals surface area contributed by atoms with Crippen molar-refractivity contribution in [2.24, 2.45) is 0 Å². The summed E-state index contributed by atoms with van der Waals surface area (Å²) in [6, 6.07) is 13.4. The Morgan fingerprint density at radius 1 is 1.00 bits per heavy atom. The zero-order valence-corrected chi connectivity index (χ0v) is 12.0. The van der Waals surface area contributed by atoms with Crippen LogP contribution in [0.25, 0.3) is 10.9 Å². The van der Waals surface area contributed by atoms with Crippen LogP contribution >= 0.6 is 11.6 Å². The van der Waals surface area contributed by atoms with E-state index >= 15 is 0 Å². The van der Waals surface area contributed by atoms with Gasteiger partial charge in [-0.15, -0.1) is 5.10 Å². The molecule has 3 rings (SSSR count). The van der Waals surface area contributed by atoms with E-state index in [-0.39, 0.29) is 0 Å². The van der Waals surface area contributed by atoms with Crippen molar-refractivity contribution in [3.8, 4) is 11.5 Å². The first-order valence-electron chi connectivity index (χ1n) is 6.31. The van der Waals surface area contributed by atoms with Crippen molar-refractivity contribution in [1.29, 1.82) is 0 Å². The van der Waals surface area contributed by atoms with E-state index in [0.29, 0.717) is 10.8 Å². The molecule has 3 aromatic rings. The minimum atomic E-state index is 0.652. The molecule has 0 atom stereocenters. The fourth-order valence-corrected chi connectivity index (χ4v) is 2.23. The Labute approximate surface area is 122 Å². The second-order valence-corrected chi connectivity index (χ2v) is 5.08. The lowest BCUT2D eigenvalue weighted by atomic mass is 10.2. The number of rotatable bonds is 2. The predicted octanol–water partition coefficient (Wildman–Crippen LogP) is 4.69. The van der Waals surface area contributed by atoms with E-state index in [2.05, 4.69) is 10.2 Å². The van der Waals surface area contributed by atoms with Gasteiger partial charge in [-0.2, -0.15) is 5.10 Å². The third-order valence-electron chi connectivity index (χ3n) is 3.15. The molecule has 0 unspecified atom stereocenters. The summed E-state index contributed by atoms with van der Waals surface area (Å²) in [7, 11) is 0. The van der Waals surface area contributed by atoms with Crippen LogP contribution < -0.4 is 4.74 Å². The number of nitrogens with zero attached hydrogens (tertiary/aromatic N) is 2. The molecule has 0 saturated heterocycles. The summed E-state index contributed by atoms with van der Waals surface area (Å²) >= 11 is 6.07. The van der Waals surface area contributed by atoms with Gasteiger partial charge in [0.1, 0.15) is 11.4 Å².